The molecule has 3 nitrogen and oxygen atoms in total. The summed E-state index contributed by atoms with van der Waals surface area (Å²) in [5.41, 5.74) is 4.59. The monoisotopic (exact) mass is 291 g/mol. The molecule has 4 heteroatoms. The summed E-state index contributed by atoms with van der Waals surface area (Å²) in [6.45, 7) is 9.94. The van der Waals surface area contributed by atoms with E-state index in [1.807, 2.05) is 24.6 Å². The van der Waals surface area contributed by atoms with E-state index in [1.54, 1.807) is 0 Å². The molecule has 0 spiro atoms. The molecule has 2 rings (SSSR count). The van der Waals surface area contributed by atoms with Gasteiger partial charge in [0.25, 0.3) is 0 Å². The Morgan fingerprint density at radius 2 is 2.00 bits per heavy atom. The van der Waals surface area contributed by atoms with Gasteiger partial charge in [-0.15, -0.1) is 0 Å². The Morgan fingerprint density at radius 1 is 1.25 bits per heavy atom. The molecule has 1 heterocycles. The molecular weight excluding hydrogens is 270 g/mol. The summed E-state index contributed by atoms with van der Waals surface area (Å²) < 4.78 is 1.96. The van der Waals surface area contributed by atoms with Crippen molar-refractivity contribution < 1.29 is 0 Å². The van der Waals surface area contributed by atoms with E-state index in [0.717, 1.165) is 22.8 Å². The first-order valence-electron chi connectivity index (χ1n) is 6.97. The Balaban J connectivity index is 2.12. The minimum atomic E-state index is 0.476. The van der Waals surface area contributed by atoms with Crippen molar-refractivity contribution >= 4 is 11.6 Å². The van der Waals surface area contributed by atoms with Crippen molar-refractivity contribution in [3.05, 3.63) is 51.8 Å². The Hall–Kier alpha value is -1.32. The van der Waals surface area contributed by atoms with Gasteiger partial charge in [-0.05, 0) is 31.0 Å². The Labute approximate surface area is 126 Å². The van der Waals surface area contributed by atoms with Crippen molar-refractivity contribution in [1.82, 2.24) is 15.1 Å². The molecule has 1 aromatic carbocycles. The van der Waals surface area contributed by atoms with Crippen molar-refractivity contribution in [3.63, 3.8) is 0 Å². The molecule has 0 atom stereocenters. The lowest BCUT2D eigenvalue weighted by atomic mass is 10.1. The first kappa shape index (κ1) is 15.1. The summed E-state index contributed by atoms with van der Waals surface area (Å²) in [7, 11) is 0. The second kappa shape index (κ2) is 6.42. The van der Waals surface area contributed by atoms with Gasteiger partial charge in [-0.1, -0.05) is 37.6 Å². The zero-order valence-corrected chi connectivity index (χ0v) is 13.3. The van der Waals surface area contributed by atoms with Crippen LogP contribution >= 0.6 is 11.6 Å². The molecule has 0 saturated heterocycles. The average Bonchev–Trinajstić information content (AvgIpc) is 2.71. The quantitative estimate of drug-likeness (QED) is 0.910. The van der Waals surface area contributed by atoms with Crippen molar-refractivity contribution in [1.29, 1.82) is 0 Å². The van der Waals surface area contributed by atoms with Gasteiger partial charge >= 0.3 is 0 Å². The number of aryl methyl sites for hydroxylation is 2. The van der Waals surface area contributed by atoms with Crippen molar-refractivity contribution in [2.45, 2.75) is 46.8 Å². The van der Waals surface area contributed by atoms with Crippen LogP contribution < -0.4 is 5.32 Å². The molecule has 20 heavy (non-hydrogen) atoms. The minimum absolute atomic E-state index is 0.476. The summed E-state index contributed by atoms with van der Waals surface area (Å²) in [5, 5.41) is 8.79. The molecule has 0 unspecified atom stereocenters. The zero-order valence-electron chi connectivity index (χ0n) is 12.6. The van der Waals surface area contributed by atoms with Crippen LogP contribution in [0.15, 0.2) is 24.4 Å². The van der Waals surface area contributed by atoms with E-state index in [-0.39, 0.29) is 0 Å². The second-order valence-electron chi connectivity index (χ2n) is 5.57. The predicted molar refractivity (Wildman–Crippen MR) is 84.2 cm³/mol. The largest absolute Gasteiger partial charge is 0.310 e. The Bertz CT molecular complexity index is 587. The first-order valence-corrected chi connectivity index (χ1v) is 7.35. The number of nitrogens with zero attached hydrogens (tertiary/aromatic N) is 2. The third-order valence-electron chi connectivity index (χ3n) is 3.29. The molecule has 1 aromatic heterocycles. The van der Waals surface area contributed by atoms with E-state index in [0.29, 0.717) is 12.6 Å². The van der Waals surface area contributed by atoms with E-state index in [9.17, 15) is 0 Å². The highest BCUT2D eigenvalue weighted by Gasteiger charge is 2.07. The number of rotatable bonds is 5. The van der Waals surface area contributed by atoms with Crippen LogP contribution in [0.5, 0.6) is 0 Å². The van der Waals surface area contributed by atoms with E-state index in [1.165, 1.54) is 11.1 Å². The second-order valence-corrected chi connectivity index (χ2v) is 5.97. The SMILES string of the molecule is Cc1ccc(Cn2cc(CNC(C)C)c(C)n2)c(Cl)c1. The lowest BCUT2D eigenvalue weighted by Crippen LogP contribution is -2.21. The third kappa shape index (κ3) is 3.84. The lowest BCUT2D eigenvalue weighted by molar-refractivity contribution is 0.587. The van der Waals surface area contributed by atoms with Crippen molar-refractivity contribution in [2.75, 3.05) is 0 Å². The highest BCUT2D eigenvalue weighted by molar-refractivity contribution is 6.31. The van der Waals surface area contributed by atoms with Crippen LogP contribution in [0.2, 0.25) is 5.02 Å². The predicted octanol–water partition coefficient (Wildman–Crippen LogP) is 3.70. The number of nitrogens with one attached hydrogen (secondary N) is 1. The fourth-order valence-corrected chi connectivity index (χ4v) is 2.38. The van der Waals surface area contributed by atoms with Crippen LogP contribution in [0.1, 0.15) is 36.2 Å². The van der Waals surface area contributed by atoms with Crippen molar-refractivity contribution in [2.24, 2.45) is 0 Å². The lowest BCUT2D eigenvalue weighted by Gasteiger charge is -2.06. The van der Waals surface area contributed by atoms with Crippen molar-refractivity contribution in [3.8, 4) is 0 Å². The molecule has 108 valence electrons. The van der Waals surface area contributed by atoms with Gasteiger partial charge in [-0.3, -0.25) is 4.68 Å². The van der Waals surface area contributed by atoms with Crippen LogP contribution in [0.3, 0.4) is 0 Å². The van der Waals surface area contributed by atoms with Gasteiger partial charge in [0.05, 0.1) is 12.2 Å². The van der Waals surface area contributed by atoms with Gasteiger partial charge in [0.1, 0.15) is 0 Å². The molecule has 0 amide bonds. The fraction of sp³-hybridized carbons (Fsp3) is 0.438. The average molecular weight is 292 g/mol. The smallest absolute Gasteiger partial charge is 0.0674 e. The summed E-state index contributed by atoms with van der Waals surface area (Å²) in [4.78, 5) is 0. The van der Waals surface area contributed by atoms with Crippen LogP contribution in [0.4, 0.5) is 0 Å². The minimum Gasteiger partial charge on any atom is -0.310 e. The van der Waals surface area contributed by atoms with E-state index < -0.39 is 0 Å². The number of hydrogen-bond donors (Lipinski definition) is 1. The number of hydrogen-bond acceptors (Lipinski definition) is 2. The molecule has 0 aliphatic heterocycles. The Morgan fingerprint density at radius 3 is 2.65 bits per heavy atom. The van der Waals surface area contributed by atoms with Gasteiger partial charge in [-0.25, -0.2) is 0 Å². The maximum atomic E-state index is 6.28. The van der Waals surface area contributed by atoms with Gasteiger partial charge in [0.2, 0.25) is 0 Å². The third-order valence-corrected chi connectivity index (χ3v) is 3.64. The molecule has 0 bridgehead atoms. The molecule has 0 fully saturated rings. The molecular formula is C16H22ClN3. The maximum Gasteiger partial charge on any atom is 0.0674 e. The van der Waals surface area contributed by atoms with Gasteiger partial charge in [0, 0.05) is 29.4 Å². The van der Waals surface area contributed by atoms with Crippen LogP contribution in [0.25, 0.3) is 0 Å². The number of aromatic nitrogens is 2. The highest BCUT2D eigenvalue weighted by atomic mass is 35.5. The van der Waals surface area contributed by atoms with Gasteiger partial charge in [0.15, 0.2) is 0 Å². The fourth-order valence-electron chi connectivity index (χ4n) is 2.08. The molecule has 0 saturated carbocycles. The van der Waals surface area contributed by atoms with Crippen LogP contribution in [-0.2, 0) is 13.1 Å². The summed E-state index contributed by atoms with van der Waals surface area (Å²) in [6.07, 6.45) is 2.10. The molecule has 0 aliphatic carbocycles. The molecule has 1 N–H and O–H groups in total. The Kier molecular flexibility index (Phi) is 4.84. The van der Waals surface area contributed by atoms with Gasteiger partial charge in [-0.2, -0.15) is 5.10 Å². The number of halogens is 1. The zero-order chi connectivity index (χ0) is 14.7. The molecule has 2 aromatic rings. The van der Waals surface area contributed by atoms with E-state index in [4.69, 9.17) is 11.6 Å². The summed E-state index contributed by atoms with van der Waals surface area (Å²) >= 11 is 6.28. The molecule has 0 radical (unpaired) electrons. The van der Waals surface area contributed by atoms with Crippen LogP contribution in [-0.4, -0.2) is 15.8 Å². The summed E-state index contributed by atoms with van der Waals surface area (Å²) in [5.74, 6) is 0. The standard InChI is InChI=1S/C16H22ClN3/c1-11(2)18-8-15-10-20(19-13(15)4)9-14-6-5-12(3)7-16(14)17/h5-7,10-11,18H,8-9H2,1-4H3. The highest BCUT2D eigenvalue weighted by Crippen LogP contribution is 2.19. The molecule has 0 aliphatic rings. The van der Waals surface area contributed by atoms with Crippen LogP contribution in [0, 0.1) is 13.8 Å². The normalized spacial score (nSPS) is 11.3. The maximum absolute atomic E-state index is 6.28. The van der Waals surface area contributed by atoms with Gasteiger partial charge < -0.3 is 5.32 Å². The van der Waals surface area contributed by atoms with E-state index in [2.05, 4.69) is 42.6 Å². The summed E-state index contributed by atoms with van der Waals surface area (Å²) in [6, 6.07) is 6.62. The topological polar surface area (TPSA) is 29.9 Å². The first-order chi connectivity index (χ1) is 9.45. The number of benzene rings is 1. The van der Waals surface area contributed by atoms with E-state index >= 15 is 0 Å².